The van der Waals surface area contributed by atoms with E-state index in [1.54, 1.807) is 16.2 Å². The molecule has 5 rings (SSSR count). The van der Waals surface area contributed by atoms with Crippen LogP contribution in [-0.2, 0) is 19.1 Å². The van der Waals surface area contributed by atoms with Crippen molar-refractivity contribution in [2.45, 2.75) is 50.4 Å². The number of amides is 2. The smallest absolute Gasteiger partial charge is 0.288 e. The fraction of sp³-hybridized carbons (Fsp3) is 0.500. The number of likely N-dealkylation sites (tertiary alicyclic amines) is 1. The molecule has 3 aliphatic rings. The first-order chi connectivity index (χ1) is 18.1. The number of hydrogen-bond acceptors (Lipinski definition) is 7. The number of ether oxygens (including phenoxy) is 2. The van der Waals surface area contributed by atoms with Crippen LogP contribution >= 0.6 is 11.3 Å². The molecular weight excluding hydrogens is 490 g/mol. The Hall–Kier alpha value is -2.88. The van der Waals surface area contributed by atoms with Crippen LogP contribution in [0.1, 0.15) is 44.1 Å². The first-order valence-electron chi connectivity index (χ1n) is 13.1. The number of nitrogens with zero attached hydrogens (tertiary/aromatic N) is 2. The van der Waals surface area contributed by atoms with E-state index in [9.17, 15) is 14.7 Å². The SMILES string of the molecule is CCO[C@@H]1OC(C(=O)N2CCC3(CC2)C(=O)NCN3c2ccccc2)=C[C@H](c2ccsc2)[C@@H]1CCCO. The maximum Gasteiger partial charge on any atom is 0.288 e. The molecule has 2 N–H and O–H groups in total. The number of carbonyl (C=O) groups is 2. The number of rotatable bonds is 8. The van der Waals surface area contributed by atoms with Crippen LogP contribution in [-0.4, -0.2) is 66.6 Å². The molecule has 9 heteroatoms. The number of para-hydroxylation sites is 1. The Morgan fingerprint density at radius 2 is 2.03 bits per heavy atom. The lowest BCUT2D eigenvalue weighted by atomic mass is 9.81. The van der Waals surface area contributed by atoms with Crippen LogP contribution in [0.25, 0.3) is 0 Å². The third-order valence-electron chi connectivity index (χ3n) is 7.83. The zero-order valence-corrected chi connectivity index (χ0v) is 22.0. The van der Waals surface area contributed by atoms with Crippen LogP contribution in [0, 0.1) is 5.92 Å². The Morgan fingerprint density at radius 1 is 1.24 bits per heavy atom. The molecule has 1 spiro atoms. The van der Waals surface area contributed by atoms with Crippen molar-refractivity contribution >= 4 is 28.8 Å². The van der Waals surface area contributed by atoms with Crippen molar-refractivity contribution in [3.63, 3.8) is 0 Å². The topological polar surface area (TPSA) is 91.3 Å². The normalized spacial score (nSPS) is 25.1. The standard InChI is InChI=1S/C28H35N3O5S/c1-2-35-26-22(9-6-15-32)23(20-10-16-37-18-20)17-24(36-26)25(33)30-13-11-28(12-14-30)27(34)29-19-31(28)21-7-4-3-5-8-21/h3-5,7-8,10,16-18,22-23,26,32H,2,6,9,11-15,19H2,1H3,(H,29,34)/t22-,23+,26+/m0/s1. The third kappa shape index (κ3) is 5.00. The summed E-state index contributed by atoms with van der Waals surface area (Å²) < 4.78 is 12.2. The van der Waals surface area contributed by atoms with Gasteiger partial charge in [0.1, 0.15) is 5.54 Å². The van der Waals surface area contributed by atoms with Gasteiger partial charge in [-0.25, -0.2) is 0 Å². The second-order valence-electron chi connectivity index (χ2n) is 9.84. The van der Waals surface area contributed by atoms with Gasteiger partial charge in [0.25, 0.3) is 5.91 Å². The predicted octanol–water partition coefficient (Wildman–Crippen LogP) is 3.45. The minimum absolute atomic E-state index is 0.00416. The number of carbonyl (C=O) groups excluding carboxylic acids is 2. The van der Waals surface area contributed by atoms with Gasteiger partial charge in [0, 0.05) is 43.8 Å². The number of aliphatic hydroxyl groups is 1. The summed E-state index contributed by atoms with van der Waals surface area (Å²) in [7, 11) is 0. The number of benzene rings is 1. The Morgan fingerprint density at radius 3 is 2.70 bits per heavy atom. The van der Waals surface area contributed by atoms with Gasteiger partial charge in [0.15, 0.2) is 5.76 Å². The first kappa shape index (κ1) is 25.8. The zero-order chi connectivity index (χ0) is 25.8. The summed E-state index contributed by atoms with van der Waals surface area (Å²) >= 11 is 1.62. The summed E-state index contributed by atoms with van der Waals surface area (Å²) in [6, 6.07) is 12.0. The Kier molecular flexibility index (Phi) is 7.83. The number of allylic oxidation sites excluding steroid dienone is 1. The molecule has 0 radical (unpaired) electrons. The van der Waals surface area contributed by atoms with E-state index < -0.39 is 11.8 Å². The van der Waals surface area contributed by atoms with Gasteiger partial charge in [0.05, 0.1) is 6.67 Å². The molecule has 2 saturated heterocycles. The Balaban J connectivity index is 1.35. The zero-order valence-electron chi connectivity index (χ0n) is 21.2. The van der Waals surface area contributed by atoms with Gasteiger partial charge in [-0.3, -0.25) is 9.59 Å². The van der Waals surface area contributed by atoms with Gasteiger partial charge in [-0.2, -0.15) is 11.3 Å². The van der Waals surface area contributed by atoms with Gasteiger partial charge in [-0.1, -0.05) is 18.2 Å². The van der Waals surface area contributed by atoms with E-state index in [1.165, 1.54) is 0 Å². The molecule has 0 bridgehead atoms. The largest absolute Gasteiger partial charge is 0.459 e. The molecule has 1 aromatic carbocycles. The highest BCUT2D eigenvalue weighted by atomic mass is 32.1. The van der Waals surface area contributed by atoms with Crippen molar-refractivity contribution in [3.05, 3.63) is 64.6 Å². The quantitative estimate of drug-likeness (QED) is 0.549. The maximum absolute atomic E-state index is 13.7. The molecule has 2 fully saturated rings. The van der Waals surface area contributed by atoms with E-state index in [1.807, 2.05) is 48.7 Å². The fourth-order valence-electron chi connectivity index (χ4n) is 5.87. The summed E-state index contributed by atoms with van der Waals surface area (Å²) in [4.78, 5) is 30.6. The van der Waals surface area contributed by atoms with E-state index in [0.29, 0.717) is 51.4 Å². The van der Waals surface area contributed by atoms with Crippen LogP contribution in [0.4, 0.5) is 5.69 Å². The lowest BCUT2D eigenvalue weighted by Crippen LogP contribution is -2.57. The number of thiophene rings is 1. The highest BCUT2D eigenvalue weighted by Crippen LogP contribution is 2.41. The fourth-order valence-corrected chi connectivity index (χ4v) is 6.58. The van der Waals surface area contributed by atoms with Crippen molar-refractivity contribution in [3.8, 4) is 0 Å². The summed E-state index contributed by atoms with van der Waals surface area (Å²) in [6.45, 7) is 3.89. The van der Waals surface area contributed by atoms with Gasteiger partial charge < -0.3 is 29.7 Å². The van der Waals surface area contributed by atoms with Crippen molar-refractivity contribution < 1.29 is 24.2 Å². The molecule has 1 aromatic heterocycles. The molecule has 2 amide bonds. The molecule has 8 nitrogen and oxygen atoms in total. The van der Waals surface area contributed by atoms with Gasteiger partial charge >= 0.3 is 0 Å². The van der Waals surface area contributed by atoms with E-state index in [4.69, 9.17) is 9.47 Å². The molecule has 37 heavy (non-hydrogen) atoms. The highest BCUT2D eigenvalue weighted by molar-refractivity contribution is 7.08. The van der Waals surface area contributed by atoms with Crippen LogP contribution < -0.4 is 10.2 Å². The number of aliphatic hydroxyl groups excluding tert-OH is 1. The second kappa shape index (κ2) is 11.2. The van der Waals surface area contributed by atoms with Crippen molar-refractivity contribution in [2.75, 3.05) is 37.9 Å². The number of hydrogen-bond donors (Lipinski definition) is 2. The minimum atomic E-state index is -0.650. The molecule has 3 aliphatic heterocycles. The number of piperidine rings is 1. The van der Waals surface area contributed by atoms with Crippen LogP contribution in [0.2, 0.25) is 0 Å². The monoisotopic (exact) mass is 525 g/mol. The van der Waals surface area contributed by atoms with E-state index >= 15 is 0 Å². The van der Waals surface area contributed by atoms with Crippen molar-refractivity contribution in [2.24, 2.45) is 5.92 Å². The molecule has 0 saturated carbocycles. The summed E-state index contributed by atoms with van der Waals surface area (Å²) in [5, 5.41) is 16.6. The second-order valence-corrected chi connectivity index (χ2v) is 10.6. The first-order valence-corrected chi connectivity index (χ1v) is 14.0. The van der Waals surface area contributed by atoms with Crippen LogP contribution in [0.15, 0.2) is 59.0 Å². The van der Waals surface area contributed by atoms with E-state index in [-0.39, 0.29) is 30.3 Å². The minimum Gasteiger partial charge on any atom is -0.459 e. The van der Waals surface area contributed by atoms with Gasteiger partial charge in [-0.05, 0) is 73.2 Å². The van der Waals surface area contributed by atoms with Gasteiger partial charge in [0.2, 0.25) is 12.2 Å². The highest BCUT2D eigenvalue weighted by Gasteiger charge is 2.51. The lowest BCUT2D eigenvalue weighted by molar-refractivity contribution is -0.171. The summed E-state index contributed by atoms with van der Waals surface area (Å²) in [5.74, 6) is 0.140. The van der Waals surface area contributed by atoms with Crippen LogP contribution in [0.5, 0.6) is 0 Å². The average Bonchev–Trinajstić information content (AvgIpc) is 3.57. The lowest BCUT2D eigenvalue weighted by Gasteiger charge is -2.44. The van der Waals surface area contributed by atoms with E-state index in [0.717, 1.165) is 17.7 Å². The number of nitrogens with one attached hydrogen (secondary N) is 1. The van der Waals surface area contributed by atoms with E-state index in [2.05, 4.69) is 21.7 Å². The molecule has 198 valence electrons. The maximum atomic E-state index is 13.7. The summed E-state index contributed by atoms with van der Waals surface area (Å²) in [6.07, 6.45) is 3.85. The molecule has 0 unspecified atom stereocenters. The van der Waals surface area contributed by atoms with Crippen LogP contribution in [0.3, 0.4) is 0 Å². The summed E-state index contributed by atoms with van der Waals surface area (Å²) in [5.41, 5.74) is 1.48. The van der Waals surface area contributed by atoms with Crippen molar-refractivity contribution in [1.82, 2.24) is 10.2 Å². The molecular formula is C28H35N3O5S. The molecule has 3 atom stereocenters. The third-order valence-corrected chi connectivity index (χ3v) is 8.53. The number of anilines is 1. The predicted molar refractivity (Wildman–Crippen MR) is 142 cm³/mol. The molecule has 4 heterocycles. The molecule has 0 aliphatic carbocycles. The Bertz CT molecular complexity index is 1100. The van der Waals surface area contributed by atoms with Crippen molar-refractivity contribution in [1.29, 1.82) is 0 Å². The average molecular weight is 526 g/mol. The Labute approximate surface area is 221 Å². The van der Waals surface area contributed by atoms with Gasteiger partial charge in [-0.15, -0.1) is 0 Å². The molecule has 2 aromatic rings.